The fourth-order valence-corrected chi connectivity index (χ4v) is 2.15. The van der Waals surface area contributed by atoms with Gasteiger partial charge in [-0.1, -0.05) is 0 Å². The van der Waals surface area contributed by atoms with E-state index in [2.05, 4.69) is 4.90 Å². The molecule has 1 N–H and O–H groups in total. The summed E-state index contributed by atoms with van der Waals surface area (Å²) in [5.74, 6) is 0. The summed E-state index contributed by atoms with van der Waals surface area (Å²) in [5.41, 5.74) is 0.484. The number of aliphatic hydroxyl groups is 1. The van der Waals surface area contributed by atoms with E-state index >= 15 is 0 Å². The third-order valence-electron chi connectivity index (χ3n) is 2.97. The van der Waals surface area contributed by atoms with Gasteiger partial charge in [0.1, 0.15) is 5.60 Å². The third kappa shape index (κ3) is 1.71. The smallest absolute Gasteiger partial charge is 0.103 e. The van der Waals surface area contributed by atoms with Crippen molar-refractivity contribution in [1.82, 2.24) is 4.90 Å². The molecule has 0 spiro atoms. The van der Waals surface area contributed by atoms with Gasteiger partial charge in [-0.25, -0.2) is 0 Å². The third-order valence-corrected chi connectivity index (χ3v) is 2.97. The van der Waals surface area contributed by atoms with Gasteiger partial charge in [0.25, 0.3) is 0 Å². The molecule has 3 nitrogen and oxygen atoms in total. The molecule has 0 amide bonds. The van der Waals surface area contributed by atoms with Gasteiger partial charge in [-0.05, 0) is 31.9 Å². The van der Waals surface area contributed by atoms with Gasteiger partial charge in [-0.3, -0.25) is 0 Å². The highest BCUT2D eigenvalue weighted by molar-refractivity contribution is 5.19. The van der Waals surface area contributed by atoms with E-state index in [0.717, 1.165) is 44.5 Å². The fraction of sp³-hybridized carbons (Fsp3) is 0.800. The van der Waals surface area contributed by atoms with E-state index in [4.69, 9.17) is 4.74 Å². The molecule has 0 aromatic heterocycles. The van der Waals surface area contributed by atoms with Gasteiger partial charge >= 0.3 is 0 Å². The summed E-state index contributed by atoms with van der Waals surface area (Å²) >= 11 is 0. The topological polar surface area (TPSA) is 32.7 Å². The van der Waals surface area contributed by atoms with E-state index < -0.39 is 5.60 Å². The Kier molecular flexibility index (Phi) is 2.30. The number of rotatable bonds is 1. The van der Waals surface area contributed by atoms with Gasteiger partial charge in [0.2, 0.25) is 0 Å². The largest absolute Gasteiger partial charge is 0.501 e. The number of likely N-dealkylation sites (N-methyl/N-ethyl adjacent to an activating group) is 1. The molecule has 2 heterocycles. The first kappa shape index (κ1) is 9.03. The molecule has 2 aliphatic rings. The zero-order valence-corrected chi connectivity index (χ0v) is 8.12. The summed E-state index contributed by atoms with van der Waals surface area (Å²) in [4.78, 5) is 2.16. The molecule has 3 heteroatoms. The van der Waals surface area contributed by atoms with Crippen molar-refractivity contribution in [2.45, 2.75) is 24.9 Å². The van der Waals surface area contributed by atoms with Crippen molar-refractivity contribution in [2.75, 3.05) is 26.7 Å². The van der Waals surface area contributed by atoms with E-state index in [-0.39, 0.29) is 0 Å². The maximum Gasteiger partial charge on any atom is 0.103 e. The van der Waals surface area contributed by atoms with Crippen LogP contribution in [0.3, 0.4) is 0 Å². The SMILES string of the molecule is CN1CCC(O)(C2=COCCC2)C1. The average Bonchev–Trinajstić information content (AvgIpc) is 2.49. The lowest BCUT2D eigenvalue weighted by atomic mass is 9.90. The summed E-state index contributed by atoms with van der Waals surface area (Å²) in [5, 5.41) is 10.3. The second-order valence-corrected chi connectivity index (χ2v) is 4.14. The minimum absolute atomic E-state index is 0.602. The molecule has 2 rings (SSSR count). The maximum absolute atomic E-state index is 10.3. The summed E-state index contributed by atoms with van der Waals surface area (Å²) in [7, 11) is 2.04. The lowest BCUT2D eigenvalue weighted by Gasteiger charge is -2.28. The molecule has 0 radical (unpaired) electrons. The predicted octanol–water partition coefficient (Wildman–Crippen LogP) is 0.747. The summed E-state index contributed by atoms with van der Waals surface area (Å²) in [6.07, 6.45) is 4.64. The number of hydrogen-bond donors (Lipinski definition) is 1. The van der Waals surface area contributed by atoms with Gasteiger partial charge in [-0.15, -0.1) is 0 Å². The zero-order chi connectivity index (χ0) is 9.31. The molecule has 1 unspecified atom stereocenters. The zero-order valence-electron chi connectivity index (χ0n) is 8.12. The van der Waals surface area contributed by atoms with Crippen molar-refractivity contribution < 1.29 is 9.84 Å². The molecule has 0 aromatic rings. The first-order valence-corrected chi connectivity index (χ1v) is 4.93. The van der Waals surface area contributed by atoms with Crippen LogP contribution < -0.4 is 0 Å². The Balaban J connectivity index is 2.10. The van der Waals surface area contributed by atoms with Gasteiger partial charge in [0.15, 0.2) is 0 Å². The predicted molar refractivity (Wildman–Crippen MR) is 50.3 cm³/mol. The van der Waals surface area contributed by atoms with E-state index in [1.165, 1.54) is 0 Å². The number of β-amino-alcohol motifs (C(OH)–C–C–N with tert-alkyl or cyclic N) is 1. The Morgan fingerprint density at radius 3 is 3.00 bits per heavy atom. The minimum atomic E-state index is -0.602. The normalized spacial score (nSPS) is 35.7. The Morgan fingerprint density at radius 2 is 2.46 bits per heavy atom. The van der Waals surface area contributed by atoms with Crippen LogP contribution in [0.5, 0.6) is 0 Å². The molecule has 1 fully saturated rings. The van der Waals surface area contributed by atoms with Gasteiger partial charge in [-0.2, -0.15) is 0 Å². The van der Waals surface area contributed by atoms with Crippen LogP contribution in [0.4, 0.5) is 0 Å². The van der Waals surface area contributed by atoms with Crippen LogP contribution in [0.15, 0.2) is 11.8 Å². The minimum Gasteiger partial charge on any atom is -0.501 e. The standard InChI is InChI=1S/C10H17NO2/c1-11-5-4-10(12,8-11)9-3-2-6-13-7-9/h7,12H,2-6,8H2,1H3. The van der Waals surface area contributed by atoms with E-state index in [0.29, 0.717) is 0 Å². The first-order chi connectivity index (χ1) is 6.21. The Labute approximate surface area is 79.0 Å². The fourth-order valence-electron chi connectivity index (χ4n) is 2.15. The van der Waals surface area contributed by atoms with Crippen LogP contribution in [0.25, 0.3) is 0 Å². The van der Waals surface area contributed by atoms with E-state index in [1.54, 1.807) is 6.26 Å². The number of ether oxygens (including phenoxy) is 1. The van der Waals surface area contributed by atoms with E-state index in [1.807, 2.05) is 7.05 Å². The summed E-state index contributed by atoms with van der Waals surface area (Å²) in [6, 6.07) is 0. The van der Waals surface area contributed by atoms with Crippen molar-refractivity contribution in [3.05, 3.63) is 11.8 Å². The molecule has 2 aliphatic heterocycles. The Bertz CT molecular complexity index is 227. The molecule has 0 bridgehead atoms. The van der Waals surface area contributed by atoms with Crippen molar-refractivity contribution >= 4 is 0 Å². The van der Waals surface area contributed by atoms with Gasteiger partial charge < -0.3 is 14.7 Å². The summed E-state index contributed by atoms with van der Waals surface area (Å²) < 4.78 is 5.25. The van der Waals surface area contributed by atoms with Crippen LogP contribution in [0, 0.1) is 0 Å². The highest BCUT2D eigenvalue weighted by Crippen LogP contribution is 2.32. The molecule has 0 saturated carbocycles. The van der Waals surface area contributed by atoms with Crippen LogP contribution >= 0.6 is 0 Å². The van der Waals surface area contributed by atoms with Crippen molar-refractivity contribution in [3.8, 4) is 0 Å². The van der Waals surface area contributed by atoms with Gasteiger partial charge in [0.05, 0.1) is 12.9 Å². The number of likely N-dealkylation sites (tertiary alicyclic amines) is 1. The Morgan fingerprint density at radius 1 is 1.62 bits per heavy atom. The highest BCUT2D eigenvalue weighted by Gasteiger charge is 2.38. The van der Waals surface area contributed by atoms with E-state index in [9.17, 15) is 5.11 Å². The van der Waals surface area contributed by atoms with Crippen molar-refractivity contribution in [1.29, 1.82) is 0 Å². The average molecular weight is 183 g/mol. The molecule has 13 heavy (non-hydrogen) atoms. The molecule has 0 aliphatic carbocycles. The van der Waals surface area contributed by atoms with Crippen LogP contribution in [0.2, 0.25) is 0 Å². The summed E-state index contributed by atoms with van der Waals surface area (Å²) in [6.45, 7) is 2.53. The molecule has 74 valence electrons. The van der Waals surface area contributed by atoms with Crippen molar-refractivity contribution in [3.63, 3.8) is 0 Å². The van der Waals surface area contributed by atoms with Crippen LogP contribution in [-0.2, 0) is 4.74 Å². The maximum atomic E-state index is 10.3. The molecular formula is C10H17NO2. The molecule has 1 saturated heterocycles. The Hall–Kier alpha value is -0.540. The van der Waals surface area contributed by atoms with Crippen molar-refractivity contribution in [2.24, 2.45) is 0 Å². The quantitative estimate of drug-likeness (QED) is 0.651. The highest BCUT2D eigenvalue weighted by atomic mass is 16.5. The molecule has 1 atom stereocenters. The lowest BCUT2D eigenvalue weighted by molar-refractivity contribution is 0.0726. The number of nitrogens with zero attached hydrogens (tertiary/aromatic N) is 1. The molecular weight excluding hydrogens is 166 g/mol. The monoisotopic (exact) mass is 183 g/mol. The van der Waals surface area contributed by atoms with Gasteiger partial charge in [0, 0.05) is 13.1 Å². The lowest BCUT2D eigenvalue weighted by Crippen LogP contribution is -2.35. The molecule has 0 aromatic carbocycles. The number of hydrogen-bond acceptors (Lipinski definition) is 3. The van der Waals surface area contributed by atoms with Crippen LogP contribution in [0.1, 0.15) is 19.3 Å². The van der Waals surface area contributed by atoms with Crippen LogP contribution in [-0.4, -0.2) is 42.4 Å². The first-order valence-electron chi connectivity index (χ1n) is 4.93. The second-order valence-electron chi connectivity index (χ2n) is 4.14. The second kappa shape index (κ2) is 3.31.